The number of benzene rings is 2. The van der Waals surface area contributed by atoms with Crippen molar-refractivity contribution in [3.8, 4) is 11.4 Å². The van der Waals surface area contributed by atoms with Crippen molar-refractivity contribution in [2.24, 2.45) is 5.92 Å². The van der Waals surface area contributed by atoms with Crippen LogP contribution in [-0.2, 0) is 9.59 Å². The average molecular weight is 782 g/mol. The van der Waals surface area contributed by atoms with Crippen molar-refractivity contribution in [2.75, 3.05) is 67.1 Å². The summed E-state index contributed by atoms with van der Waals surface area (Å²) in [4.78, 5) is 62.3. The topological polar surface area (TPSA) is 137 Å². The fraction of sp³-hybridized carbons (Fsp3) is 0.372. The van der Waals surface area contributed by atoms with Gasteiger partial charge < -0.3 is 14.7 Å². The Morgan fingerprint density at radius 3 is 2.48 bits per heavy atom. The van der Waals surface area contributed by atoms with Gasteiger partial charge in [0.1, 0.15) is 35.0 Å². The summed E-state index contributed by atoms with van der Waals surface area (Å²) < 4.78 is 17.4. The number of amides is 2. The van der Waals surface area contributed by atoms with Crippen LogP contribution in [0.5, 0.6) is 0 Å². The van der Waals surface area contributed by atoms with E-state index in [1.165, 1.54) is 10.6 Å². The fourth-order valence-electron chi connectivity index (χ4n) is 9.34. The monoisotopic (exact) mass is 781 g/mol. The maximum Gasteiger partial charge on any atom is 0.264 e. The van der Waals surface area contributed by atoms with Gasteiger partial charge >= 0.3 is 0 Å². The second-order valence-electron chi connectivity index (χ2n) is 15.9. The van der Waals surface area contributed by atoms with Gasteiger partial charge in [0, 0.05) is 64.7 Å². The Morgan fingerprint density at radius 1 is 0.828 bits per heavy atom. The number of fused-ring (bicyclic) bond motifs is 2. The Morgan fingerprint density at radius 2 is 1.66 bits per heavy atom. The number of carbonyl (C=O) groups excluding carboxylic acids is 2. The molecule has 0 spiro atoms. The number of nitrogens with zero attached hydrogens (tertiary/aromatic N) is 10. The lowest BCUT2D eigenvalue weighted by Gasteiger charge is -2.45. The number of imide groups is 1. The number of piperidine rings is 1. The summed E-state index contributed by atoms with van der Waals surface area (Å²) in [5.74, 6) is 1.67. The highest BCUT2D eigenvalue weighted by atomic mass is 19.1. The van der Waals surface area contributed by atoms with Gasteiger partial charge in [0.15, 0.2) is 5.65 Å². The van der Waals surface area contributed by atoms with Crippen molar-refractivity contribution >= 4 is 45.7 Å². The van der Waals surface area contributed by atoms with Crippen LogP contribution in [0.25, 0.3) is 27.9 Å². The number of pyridine rings is 1. The third kappa shape index (κ3) is 6.52. The predicted octanol–water partition coefficient (Wildman–Crippen LogP) is 4.53. The minimum absolute atomic E-state index is 0.0651. The number of halogens is 1. The lowest BCUT2D eigenvalue weighted by molar-refractivity contribution is -0.135. The van der Waals surface area contributed by atoms with Crippen LogP contribution in [0, 0.1) is 18.7 Å². The van der Waals surface area contributed by atoms with Crippen LogP contribution in [0.15, 0.2) is 83.8 Å². The molecule has 10 rings (SSSR count). The molecule has 296 valence electrons. The molecule has 0 bridgehead atoms. The maximum atomic E-state index is 14.1. The molecular formula is C43H44FN11O3. The lowest BCUT2D eigenvalue weighted by atomic mass is 9.97. The third-order valence-electron chi connectivity index (χ3n) is 12.2. The van der Waals surface area contributed by atoms with Gasteiger partial charge in [0.2, 0.25) is 11.8 Å². The highest BCUT2D eigenvalue weighted by Gasteiger charge is 2.34. The number of carbonyl (C=O) groups is 2. The summed E-state index contributed by atoms with van der Waals surface area (Å²) in [5.41, 5.74) is 4.53. The molecule has 2 amide bonds. The van der Waals surface area contributed by atoms with Crippen LogP contribution < -0.4 is 25.6 Å². The maximum absolute atomic E-state index is 14.1. The van der Waals surface area contributed by atoms with Crippen molar-refractivity contribution in [1.82, 2.24) is 39.3 Å². The van der Waals surface area contributed by atoms with Gasteiger partial charge in [-0.05, 0) is 80.3 Å². The summed E-state index contributed by atoms with van der Waals surface area (Å²) in [6, 6.07) is 22.0. The molecule has 8 heterocycles. The highest BCUT2D eigenvalue weighted by molar-refractivity contribution is 6.00. The first-order chi connectivity index (χ1) is 28.3. The van der Waals surface area contributed by atoms with Gasteiger partial charge in [-0.3, -0.25) is 29.2 Å². The van der Waals surface area contributed by atoms with Crippen molar-refractivity contribution in [1.29, 1.82) is 0 Å². The first kappa shape index (κ1) is 36.1. The van der Waals surface area contributed by atoms with E-state index < -0.39 is 11.9 Å². The Kier molecular flexibility index (Phi) is 9.11. The minimum atomic E-state index is -0.754. The number of nitrogens with one attached hydrogen (secondary N) is 1. The van der Waals surface area contributed by atoms with Crippen molar-refractivity contribution in [3.05, 3.63) is 107 Å². The van der Waals surface area contributed by atoms with Gasteiger partial charge in [0.05, 0.1) is 34.5 Å². The zero-order valence-corrected chi connectivity index (χ0v) is 32.3. The standard InChI is InChI=1S/C43H44FN11O3/c1-27-46-32-9-3-10-34(41(32)43(58)54(27)35-13-16-40(56)48-42(35)57)52-25-28(26-52)24-50-18-20-51(21-19-50)38-12-4-8-31(47-38)36-23-45-37-14-15-39(49-55(36)37)53-17-5-11-33(53)29-6-2-7-30(44)22-29/h2-4,6-10,12,14-15,22-23,28,33,35H,5,11,13,16-21,24-26H2,1H3,(H,48,56,57). The molecule has 4 saturated heterocycles. The molecule has 58 heavy (non-hydrogen) atoms. The predicted molar refractivity (Wildman–Crippen MR) is 218 cm³/mol. The molecule has 2 unspecified atom stereocenters. The van der Waals surface area contributed by atoms with Gasteiger partial charge in [0.25, 0.3) is 5.56 Å². The Bertz CT molecular complexity index is 2630. The normalized spacial score (nSPS) is 20.6. The van der Waals surface area contributed by atoms with Crippen molar-refractivity contribution in [2.45, 2.75) is 44.7 Å². The lowest BCUT2D eigenvalue weighted by Crippen LogP contribution is -2.55. The molecule has 0 saturated carbocycles. The molecule has 4 aromatic heterocycles. The van der Waals surface area contributed by atoms with Crippen molar-refractivity contribution < 1.29 is 14.0 Å². The van der Waals surface area contributed by atoms with E-state index in [9.17, 15) is 18.8 Å². The molecule has 4 aliphatic rings. The van der Waals surface area contributed by atoms with Gasteiger partial charge in [-0.25, -0.2) is 23.9 Å². The van der Waals surface area contributed by atoms with E-state index >= 15 is 0 Å². The Balaban J connectivity index is 0.790. The first-order valence-electron chi connectivity index (χ1n) is 20.2. The number of rotatable bonds is 8. The van der Waals surface area contributed by atoms with Gasteiger partial charge in [-0.2, -0.15) is 0 Å². The second kappa shape index (κ2) is 14.6. The van der Waals surface area contributed by atoms with Crippen molar-refractivity contribution in [3.63, 3.8) is 0 Å². The van der Waals surface area contributed by atoms with E-state index in [0.717, 1.165) is 105 Å². The summed E-state index contributed by atoms with van der Waals surface area (Å²) >= 11 is 0. The molecular weight excluding hydrogens is 738 g/mol. The van der Waals surface area contributed by atoms with E-state index in [4.69, 9.17) is 15.1 Å². The number of aryl methyl sites for hydroxylation is 1. The van der Waals surface area contributed by atoms with Crippen LogP contribution in [-0.4, -0.2) is 98.2 Å². The summed E-state index contributed by atoms with van der Waals surface area (Å²) in [6.45, 7) is 8.74. The molecule has 2 aromatic carbocycles. The number of piperazine rings is 1. The summed E-state index contributed by atoms with van der Waals surface area (Å²) in [6.07, 6.45) is 4.25. The average Bonchev–Trinajstić information content (AvgIpc) is 3.88. The van der Waals surface area contributed by atoms with Gasteiger partial charge in [-0.1, -0.05) is 24.3 Å². The zero-order chi connectivity index (χ0) is 39.5. The van der Waals surface area contributed by atoms with E-state index in [-0.39, 0.29) is 36.2 Å². The van der Waals surface area contributed by atoms with E-state index in [2.05, 4.69) is 36.0 Å². The highest BCUT2D eigenvalue weighted by Crippen LogP contribution is 2.36. The molecule has 0 radical (unpaired) electrons. The van der Waals surface area contributed by atoms with E-state index in [0.29, 0.717) is 22.6 Å². The molecule has 0 aliphatic carbocycles. The smallest absolute Gasteiger partial charge is 0.264 e. The molecule has 4 fully saturated rings. The van der Waals surface area contributed by atoms with Gasteiger partial charge in [-0.15, -0.1) is 5.10 Å². The van der Waals surface area contributed by atoms with Crippen LogP contribution in [0.3, 0.4) is 0 Å². The molecule has 15 heteroatoms. The van der Waals surface area contributed by atoms with Crippen LogP contribution in [0.1, 0.15) is 49.2 Å². The zero-order valence-electron chi connectivity index (χ0n) is 32.3. The third-order valence-corrected chi connectivity index (χ3v) is 12.2. The number of imidazole rings is 1. The van der Waals surface area contributed by atoms with E-state index in [1.54, 1.807) is 19.1 Å². The summed E-state index contributed by atoms with van der Waals surface area (Å²) in [7, 11) is 0. The SMILES string of the molecule is Cc1nc2cccc(N3CC(CN4CCN(c5cccc(-c6cnc7ccc(N8CCCC8c8cccc(F)c8)nn67)n5)CC4)C3)c2c(=O)n1C1CCC(=O)NC1=O. The minimum Gasteiger partial charge on any atom is -0.370 e. The Labute approximate surface area is 333 Å². The number of hydrogen-bond acceptors (Lipinski definition) is 11. The molecule has 2 atom stereocenters. The number of aromatic nitrogens is 6. The number of hydrogen-bond donors (Lipinski definition) is 1. The molecule has 14 nitrogen and oxygen atoms in total. The summed E-state index contributed by atoms with van der Waals surface area (Å²) in [5, 5.41) is 7.93. The first-order valence-corrected chi connectivity index (χ1v) is 20.2. The quantitative estimate of drug-likeness (QED) is 0.218. The van der Waals surface area contributed by atoms with Crippen LogP contribution in [0.4, 0.5) is 21.7 Å². The van der Waals surface area contributed by atoms with E-state index in [1.807, 2.05) is 59.2 Å². The molecule has 4 aliphatic heterocycles. The van der Waals surface area contributed by atoms with Crippen LogP contribution in [0.2, 0.25) is 0 Å². The molecule has 1 N–H and O–H groups in total. The largest absolute Gasteiger partial charge is 0.370 e. The second-order valence-corrected chi connectivity index (χ2v) is 15.9. The Hall–Kier alpha value is -6.22. The molecule has 6 aromatic rings. The fourth-order valence-corrected chi connectivity index (χ4v) is 9.34. The van der Waals surface area contributed by atoms with Crippen LogP contribution >= 0.6 is 0 Å². The number of anilines is 3.